The molecule has 5 heteroatoms. The molecule has 104 valence electrons. The molecule has 0 aliphatic heterocycles. The second-order valence-corrected chi connectivity index (χ2v) is 6.37. The van der Waals surface area contributed by atoms with Gasteiger partial charge in [-0.3, -0.25) is 9.59 Å². The molecule has 0 aliphatic carbocycles. The molecule has 1 aromatic rings. The molecular formula is C14H18BrNO3. The Balaban J connectivity index is 2.38. The van der Waals surface area contributed by atoms with Crippen molar-refractivity contribution in [1.82, 2.24) is 0 Å². The first-order valence-electron chi connectivity index (χ1n) is 5.97. The predicted octanol–water partition coefficient (Wildman–Crippen LogP) is 3.37. The Bertz CT molecular complexity index is 466. The number of rotatable bonds is 4. The molecule has 0 spiro atoms. The topological polar surface area (TPSA) is 55.4 Å². The van der Waals surface area contributed by atoms with Crippen LogP contribution in [0.25, 0.3) is 0 Å². The Labute approximate surface area is 121 Å². The van der Waals surface area contributed by atoms with Crippen LogP contribution in [0.5, 0.6) is 0 Å². The molecule has 1 N–H and O–H groups in total. The van der Waals surface area contributed by atoms with Gasteiger partial charge in [-0.25, -0.2) is 0 Å². The van der Waals surface area contributed by atoms with Crippen molar-refractivity contribution in [2.45, 2.75) is 27.2 Å². The van der Waals surface area contributed by atoms with E-state index in [1.165, 1.54) is 0 Å². The van der Waals surface area contributed by atoms with Crippen LogP contribution in [0.2, 0.25) is 0 Å². The number of esters is 1. The first-order valence-corrected chi connectivity index (χ1v) is 6.77. The molecule has 0 radical (unpaired) electrons. The van der Waals surface area contributed by atoms with E-state index in [4.69, 9.17) is 4.74 Å². The summed E-state index contributed by atoms with van der Waals surface area (Å²) >= 11 is 3.31. The van der Waals surface area contributed by atoms with Gasteiger partial charge in [-0.2, -0.15) is 0 Å². The van der Waals surface area contributed by atoms with Crippen molar-refractivity contribution in [3.05, 3.63) is 28.7 Å². The van der Waals surface area contributed by atoms with Gasteiger partial charge in [0.1, 0.15) is 0 Å². The van der Waals surface area contributed by atoms with Crippen LogP contribution in [0.15, 0.2) is 28.7 Å². The lowest BCUT2D eigenvalue weighted by atomic mass is 9.93. The number of nitrogens with one attached hydrogen (secondary N) is 1. The number of ether oxygens (including phenoxy) is 1. The van der Waals surface area contributed by atoms with Crippen LogP contribution < -0.4 is 5.32 Å². The van der Waals surface area contributed by atoms with Crippen molar-refractivity contribution in [1.29, 1.82) is 0 Å². The van der Waals surface area contributed by atoms with E-state index in [1.807, 2.05) is 32.9 Å². The van der Waals surface area contributed by atoms with Crippen LogP contribution in [0.3, 0.4) is 0 Å². The fraction of sp³-hybridized carbons (Fsp3) is 0.429. The zero-order valence-corrected chi connectivity index (χ0v) is 12.9. The SMILES string of the molecule is CC(C)(C)CC(=O)OCC(=O)Nc1cccc(Br)c1. The van der Waals surface area contributed by atoms with Crippen molar-refractivity contribution < 1.29 is 14.3 Å². The molecule has 1 aromatic carbocycles. The average molecular weight is 328 g/mol. The summed E-state index contributed by atoms with van der Waals surface area (Å²) < 4.78 is 5.79. The van der Waals surface area contributed by atoms with Gasteiger partial charge < -0.3 is 10.1 Å². The molecule has 1 amide bonds. The maximum atomic E-state index is 11.6. The van der Waals surface area contributed by atoms with E-state index in [0.29, 0.717) is 5.69 Å². The molecule has 1 rings (SSSR count). The van der Waals surface area contributed by atoms with Crippen molar-refractivity contribution in [2.75, 3.05) is 11.9 Å². The molecular weight excluding hydrogens is 310 g/mol. The number of anilines is 1. The van der Waals surface area contributed by atoms with Crippen LogP contribution in [-0.2, 0) is 14.3 Å². The molecule has 0 saturated heterocycles. The average Bonchev–Trinajstić information content (AvgIpc) is 2.24. The van der Waals surface area contributed by atoms with E-state index in [0.717, 1.165) is 4.47 Å². The van der Waals surface area contributed by atoms with Crippen molar-refractivity contribution in [3.63, 3.8) is 0 Å². The molecule has 0 fully saturated rings. The van der Waals surface area contributed by atoms with E-state index >= 15 is 0 Å². The number of carbonyl (C=O) groups is 2. The first-order chi connectivity index (χ1) is 8.76. The van der Waals surface area contributed by atoms with Gasteiger partial charge >= 0.3 is 5.97 Å². The molecule has 0 saturated carbocycles. The molecule has 4 nitrogen and oxygen atoms in total. The molecule has 0 unspecified atom stereocenters. The number of amides is 1. The zero-order chi connectivity index (χ0) is 14.5. The Morgan fingerprint density at radius 2 is 2.00 bits per heavy atom. The van der Waals surface area contributed by atoms with Crippen LogP contribution >= 0.6 is 15.9 Å². The highest BCUT2D eigenvalue weighted by atomic mass is 79.9. The first kappa shape index (κ1) is 15.7. The van der Waals surface area contributed by atoms with Gasteiger partial charge in [0.05, 0.1) is 6.42 Å². The van der Waals surface area contributed by atoms with Crippen LogP contribution in [-0.4, -0.2) is 18.5 Å². The minimum Gasteiger partial charge on any atom is -0.456 e. The molecule has 0 atom stereocenters. The van der Waals surface area contributed by atoms with Gasteiger partial charge in [-0.05, 0) is 23.6 Å². The third-order valence-corrected chi connectivity index (χ3v) is 2.64. The monoisotopic (exact) mass is 327 g/mol. The number of hydrogen-bond donors (Lipinski definition) is 1. The fourth-order valence-electron chi connectivity index (χ4n) is 1.39. The Hall–Kier alpha value is -1.36. The standard InChI is InChI=1S/C14H18BrNO3/c1-14(2,3)8-13(18)19-9-12(17)16-11-6-4-5-10(15)7-11/h4-7H,8-9H2,1-3H3,(H,16,17). The highest BCUT2D eigenvalue weighted by molar-refractivity contribution is 9.10. The van der Waals surface area contributed by atoms with E-state index in [2.05, 4.69) is 21.2 Å². The second-order valence-electron chi connectivity index (χ2n) is 5.46. The van der Waals surface area contributed by atoms with E-state index < -0.39 is 0 Å². The van der Waals surface area contributed by atoms with Crippen LogP contribution in [0, 0.1) is 5.41 Å². The van der Waals surface area contributed by atoms with Gasteiger partial charge in [0.2, 0.25) is 0 Å². The van der Waals surface area contributed by atoms with Crippen molar-refractivity contribution in [2.24, 2.45) is 5.41 Å². The van der Waals surface area contributed by atoms with Gasteiger partial charge in [-0.1, -0.05) is 42.8 Å². The summed E-state index contributed by atoms with van der Waals surface area (Å²) in [6.07, 6.45) is 0.289. The van der Waals surface area contributed by atoms with Gasteiger partial charge in [-0.15, -0.1) is 0 Å². The summed E-state index contributed by atoms with van der Waals surface area (Å²) in [5, 5.41) is 2.65. The quantitative estimate of drug-likeness (QED) is 0.862. The second kappa shape index (κ2) is 6.70. The lowest BCUT2D eigenvalue weighted by Gasteiger charge is -2.16. The third kappa shape index (κ3) is 6.96. The Morgan fingerprint density at radius 1 is 1.32 bits per heavy atom. The maximum Gasteiger partial charge on any atom is 0.306 e. The smallest absolute Gasteiger partial charge is 0.306 e. The van der Waals surface area contributed by atoms with E-state index in [-0.39, 0.29) is 30.3 Å². The normalized spacial score (nSPS) is 10.9. The third-order valence-electron chi connectivity index (χ3n) is 2.15. The lowest BCUT2D eigenvalue weighted by molar-refractivity contribution is -0.149. The Morgan fingerprint density at radius 3 is 2.58 bits per heavy atom. The summed E-state index contributed by atoms with van der Waals surface area (Å²) in [6, 6.07) is 7.21. The fourth-order valence-corrected chi connectivity index (χ4v) is 1.79. The number of carbonyl (C=O) groups excluding carboxylic acids is 2. The maximum absolute atomic E-state index is 11.6. The highest BCUT2D eigenvalue weighted by Crippen LogP contribution is 2.19. The largest absolute Gasteiger partial charge is 0.456 e. The molecule has 0 heterocycles. The summed E-state index contributed by atoms with van der Waals surface area (Å²) in [5.41, 5.74) is 0.518. The predicted molar refractivity (Wildman–Crippen MR) is 77.8 cm³/mol. The molecule has 0 bridgehead atoms. The zero-order valence-electron chi connectivity index (χ0n) is 11.3. The summed E-state index contributed by atoms with van der Waals surface area (Å²) in [7, 11) is 0. The van der Waals surface area contributed by atoms with Crippen molar-refractivity contribution >= 4 is 33.5 Å². The van der Waals surface area contributed by atoms with Crippen LogP contribution in [0.1, 0.15) is 27.2 Å². The van der Waals surface area contributed by atoms with Gasteiger partial charge in [0.15, 0.2) is 6.61 Å². The number of benzene rings is 1. The number of halogens is 1. The van der Waals surface area contributed by atoms with E-state index in [1.54, 1.807) is 12.1 Å². The van der Waals surface area contributed by atoms with Gasteiger partial charge in [0, 0.05) is 10.2 Å². The minimum atomic E-state index is -0.364. The summed E-state index contributed by atoms with van der Waals surface area (Å²) in [4.78, 5) is 23.1. The minimum absolute atomic E-state index is 0.141. The lowest BCUT2D eigenvalue weighted by Crippen LogP contribution is -2.23. The molecule has 19 heavy (non-hydrogen) atoms. The molecule has 0 aliphatic rings. The van der Waals surface area contributed by atoms with Crippen LogP contribution in [0.4, 0.5) is 5.69 Å². The van der Waals surface area contributed by atoms with E-state index in [9.17, 15) is 9.59 Å². The highest BCUT2D eigenvalue weighted by Gasteiger charge is 2.17. The molecule has 0 aromatic heterocycles. The van der Waals surface area contributed by atoms with Gasteiger partial charge in [0.25, 0.3) is 5.91 Å². The summed E-state index contributed by atoms with van der Waals surface area (Å²) in [6.45, 7) is 5.56. The summed E-state index contributed by atoms with van der Waals surface area (Å²) in [5.74, 6) is -0.711. The van der Waals surface area contributed by atoms with Crippen molar-refractivity contribution in [3.8, 4) is 0 Å². The number of hydrogen-bond acceptors (Lipinski definition) is 3. The Kier molecular flexibility index (Phi) is 5.54.